The van der Waals surface area contributed by atoms with Crippen LogP contribution in [0.4, 0.5) is 4.39 Å². The lowest BCUT2D eigenvalue weighted by molar-refractivity contribution is 0.417. The zero-order chi connectivity index (χ0) is 14.1. The van der Waals surface area contributed by atoms with Gasteiger partial charge in [0, 0.05) is 11.1 Å². The second-order valence-corrected chi connectivity index (χ2v) is 4.88. The summed E-state index contributed by atoms with van der Waals surface area (Å²) in [5, 5.41) is 2.16. The minimum absolute atomic E-state index is 0.224. The van der Waals surface area contributed by atoms with Gasteiger partial charge in [0.1, 0.15) is 11.6 Å². The fourth-order valence-electron chi connectivity index (χ4n) is 2.44. The van der Waals surface area contributed by atoms with Crippen LogP contribution in [-0.2, 0) is 0 Å². The van der Waals surface area contributed by atoms with E-state index >= 15 is 0 Å². The number of hydrogen-bond acceptors (Lipinski definition) is 1. The quantitative estimate of drug-likeness (QED) is 0.636. The molecule has 0 atom stereocenters. The monoisotopic (exact) mass is 266 g/mol. The Labute approximate surface area is 117 Å². The standard InChI is InChI=1S/C18H15FO/c1-12-7-8-15(17(19)9-12)16-10-13-5-3-4-6-14(13)11-18(16)20-2/h3-11H,1-2H3. The van der Waals surface area contributed by atoms with Crippen LogP contribution < -0.4 is 4.74 Å². The van der Waals surface area contributed by atoms with Crippen molar-refractivity contribution in [3.8, 4) is 16.9 Å². The van der Waals surface area contributed by atoms with E-state index in [9.17, 15) is 4.39 Å². The van der Waals surface area contributed by atoms with Gasteiger partial charge in [-0.25, -0.2) is 4.39 Å². The van der Waals surface area contributed by atoms with Crippen LogP contribution in [0.5, 0.6) is 5.75 Å². The van der Waals surface area contributed by atoms with Gasteiger partial charge in [0.2, 0.25) is 0 Å². The summed E-state index contributed by atoms with van der Waals surface area (Å²) in [7, 11) is 1.61. The van der Waals surface area contributed by atoms with Gasteiger partial charge < -0.3 is 4.74 Å². The molecule has 100 valence electrons. The van der Waals surface area contributed by atoms with Gasteiger partial charge in [-0.3, -0.25) is 0 Å². The van der Waals surface area contributed by atoms with Crippen LogP contribution in [0.15, 0.2) is 54.6 Å². The SMILES string of the molecule is COc1cc2ccccc2cc1-c1ccc(C)cc1F. The summed E-state index contributed by atoms with van der Waals surface area (Å²) in [4.78, 5) is 0. The third-order valence-corrected chi connectivity index (χ3v) is 3.48. The molecule has 0 aliphatic heterocycles. The summed E-state index contributed by atoms with van der Waals surface area (Å²) >= 11 is 0. The highest BCUT2D eigenvalue weighted by Gasteiger charge is 2.12. The predicted molar refractivity (Wildman–Crippen MR) is 80.6 cm³/mol. The van der Waals surface area contributed by atoms with Gasteiger partial charge in [-0.2, -0.15) is 0 Å². The molecule has 0 fully saturated rings. The van der Waals surface area contributed by atoms with E-state index in [4.69, 9.17) is 4.74 Å². The van der Waals surface area contributed by atoms with Crippen LogP contribution in [0.1, 0.15) is 5.56 Å². The van der Waals surface area contributed by atoms with Gasteiger partial charge in [0.25, 0.3) is 0 Å². The second-order valence-electron chi connectivity index (χ2n) is 4.88. The molecule has 0 radical (unpaired) electrons. The molecular formula is C18H15FO. The first-order valence-corrected chi connectivity index (χ1v) is 6.52. The lowest BCUT2D eigenvalue weighted by Crippen LogP contribution is -1.92. The molecule has 0 heterocycles. The fraction of sp³-hybridized carbons (Fsp3) is 0.111. The Morgan fingerprint density at radius 1 is 0.850 bits per heavy atom. The van der Waals surface area contributed by atoms with E-state index in [1.165, 1.54) is 0 Å². The smallest absolute Gasteiger partial charge is 0.131 e. The Bertz CT molecular complexity index is 777. The Morgan fingerprint density at radius 3 is 2.20 bits per heavy atom. The van der Waals surface area contributed by atoms with Crippen LogP contribution in [0.2, 0.25) is 0 Å². The number of hydrogen-bond donors (Lipinski definition) is 0. The third-order valence-electron chi connectivity index (χ3n) is 3.48. The highest BCUT2D eigenvalue weighted by Crippen LogP contribution is 2.35. The Morgan fingerprint density at radius 2 is 1.55 bits per heavy atom. The molecular weight excluding hydrogens is 251 g/mol. The maximum absolute atomic E-state index is 14.2. The normalized spacial score (nSPS) is 10.8. The molecule has 3 aromatic carbocycles. The van der Waals surface area contributed by atoms with E-state index in [1.807, 2.05) is 49.4 Å². The van der Waals surface area contributed by atoms with Gasteiger partial charge in [-0.15, -0.1) is 0 Å². The van der Waals surface area contributed by atoms with Crippen LogP contribution in [0.3, 0.4) is 0 Å². The van der Waals surface area contributed by atoms with Crippen LogP contribution >= 0.6 is 0 Å². The number of benzene rings is 3. The van der Waals surface area contributed by atoms with Gasteiger partial charge in [-0.05, 0) is 41.5 Å². The first-order chi connectivity index (χ1) is 9.69. The van der Waals surface area contributed by atoms with Crippen molar-refractivity contribution in [2.75, 3.05) is 7.11 Å². The molecule has 2 heteroatoms. The van der Waals surface area contributed by atoms with Crippen molar-refractivity contribution in [1.29, 1.82) is 0 Å². The van der Waals surface area contributed by atoms with E-state index in [1.54, 1.807) is 19.2 Å². The number of methoxy groups -OCH3 is 1. The molecule has 0 saturated heterocycles. The minimum atomic E-state index is -0.224. The number of halogens is 1. The lowest BCUT2D eigenvalue weighted by atomic mass is 9.98. The molecule has 0 bridgehead atoms. The van der Waals surface area contributed by atoms with Crippen LogP contribution in [0.25, 0.3) is 21.9 Å². The average molecular weight is 266 g/mol. The van der Waals surface area contributed by atoms with Crippen molar-refractivity contribution in [3.63, 3.8) is 0 Å². The van der Waals surface area contributed by atoms with Crippen molar-refractivity contribution in [2.24, 2.45) is 0 Å². The van der Waals surface area contributed by atoms with E-state index in [0.717, 1.165) is 21.9 Å². The summed E-state index contributed by atoms with van der Waals surface area (Å²) in [6.07, 6.45) is 0. The molecule has 1 nitrogen and oxygen atoms in total. The maximum atomic E-state index is 14.2. The molecule has 0 N–H and O–H groups in total. The Kier molecular flexibility index (Phi) is 3.15. The first kappa shape index (κ1) is 12.7. The summed E-state index contributed by atoms with van der Waals surface area (Å²) in [5.74, 6) is 0.463. The van der Waals surface area contributed by atoms with Crippen molar-refractivity contribution in [1.82, 2.24) is 0 Å². The van der Waals surface area contributed by atoms with Gasteiger partial charge in [0.05, 0.1) is 7.11 Å². The van der Waals surface area contributed by atoms with Crippen LogP contribution in [-0.4, -0.2) is 7.11 Å². The number of ether oxygens (including phenoxy) is 1. The maximum Gasteiger partial charge on any atom is 0.131 e. The fourth-order valence-corrected chi connectivity index (χ4v) is 2.44. The number of aryl methyl sites for hydroxylation is 1. The minimum Gasteiger partial charge on any atom is -0.496 e. The highest BCUT2D eigenvalue weighted by atomic mass is 19.1. The number of fused-ring (bicyclic) bond motifs is 1. The molecule has 0 unspecified atom stereocenters. The van der Waals surface area contributed by atoms with E-state index in [-0.39, 0.29) is 5.82 Å². The largest absolute Gasteiger partial charge is 0.496 e. The van der Waals surface area contributed by atoms with E-state index in [0.29, 0.717) is 11.3 Å². The summed E-state index contributed by atoms with van der Waals surface area (Å²) in [5.41, 5.74) is 2.26. The zero-order valence-electron chi connectivity index (χ0n) is 11.5. The van der Waals surface area contributed by atoms with Crippen molar-refractivity contribution < 1.29 is 9.13 Å². The average Bonchev–Trinajstić information content (AvgIpc) is 2.46. The van der Waals surface area contributed by atoms with Crippen molar-refractivity contribution in [3.05, 3.63) is 66.0 Å². The predicted octanol–water partition coefficient (Wildman–Crippen LogP) is 4.96. The molecule has 0 spiro atoms. The summed E-state index contributed by atoms with van der Waals surface area (Å²) in [6, 6.07) is 17.2. The van der Waals surface area contributed by atoms with Crippen molar-refractivity contribution in [2.45, 2.75) is 6.92 Å². The zero-order valence-corrected chi connectivity index (χ0v) is 11.5. The topological polar surface area (TPSA) is 9.23 Å². The molecule has 0 amide bonds. The highest BCUT2D eigenvalue weighted by molar-refractivity contribution is 5.90. The Hall–Kier alpha value is -2.35. The lowest BCUT2D eigenvalue weighted by Gasteiger charge is -2.12. The summed E-state index contributed by atoms with van der Waals surface area (Å²) < 4.78 is 19.6. The summed E-state index contributed by atoms with van der Waals surface area (Å²) in [6.45, 7) is 1.88. The van der Waals surface area contributed by atoms with Crippen molar-refractivity contribution >= 4 is 10.8 Å². The molecule has 0 aromatic heterocycles. The molecule has 0 aliphatic carbocycles. The molecule has 3 rings (SSSR count). The van der Waals surface area contributed by atoms with Gasteiger partial charge in [0.15, 0.2) is 0 Å². The second kappa shape index (κ2) is 4.97. The molecule has 20 heavy (non-hydrogen) atoms. The first-order valence-electron chi connectivity index (χ1n) is 6.52. The number of rotatable bonds is 2. The van der Waals surface area contributed by atoms with E-state index in [2.05, 4.69) is 0 Å². The van der Waals surface area contributed by atoms with Gasteiger partial charge in [-0.1, -0.05) is 36.4 Å². The van der Waals surface area contributed by atoms with E-state index < -0.39 is 0 Å². The van der Waals surface area contributed by atoms with Gasteiger partial charge >= 0.3 is 0 Å². The van der Waals surface area contributed by atoms with Crippen LogP contribution in [0, 0.1) is 12.7 Å². The third kappa shape index (κ3) is 2.14. The molecule has 0 saturated carbocycles. The Balaban J connectivity index is 2.28. The molecule has 0 aliphatic rings. The molecule has 3 aromatic rings.